The van der Waals surface area contributed by atoms with Gasteiger partial charge in [0.25, 0.3) is 5.91 Å². The van der Waals surface area contributed by atoms with Crippen LogP contribution in [0.5, 0.6) is 11.5 Å². The second-order valence-electron chi connectivity index (χ2n) is 5.29. The minimum absolute atomic E-state index is 0.0646. The standard InChI is InChI=1S/C18H14F2N4O2/c1-2-13-7-14(26-15-5-12(20)9-21-10-15)8-16(23-13)18(25)24-17-6-11(19)3-4-22-17/h3-10H,2H2,1H3,(H,22,24,25). The van der Waals surface area contributed by atoms with Gasteiger partial charge in [0.15, 0.2) is 0 Å². The third kappa shape index (κ3) is 4.35. The highest BCUT2D eigenvalue weighted by molar-refractivity contribution is 6.02. The molecule has 132 valence electrons. The lowest BCUT2D eigenvalue weighted by Gasteiger charge is -2.10. The molecule has 3 heterocycles. The minimum Gasteiger partial charge on any atom is -0.455 e. The first-order chi connectivity index (χ1) is 12.5. The highest BCUT2D eigenvalue weighted by atomic mass is 19.1. The van der Waals surface area contributed by atoms with Gasteiger partial charge in [0.2, 0.25) is 0 Å². The van der Waals surface area contributed by atoms with Crippen LogP contribution in [0.2, 0.25) is 0 Å². The number of hydrogen-bond donors (Lipinski definition) is 1. The van der Waals surface area contributed by atoms with Crippen LogP contribution in [-0.4, -0.2) is 20.9 Å². The third-order valence-corrected chi connectivity index (χ3v) is 3.33. The maximum absolute atomic E-state index is 13.2. The number of amides is 1. The van der Waals surface area contributed by atoms with Gasteiger partial charge in [-0.25, -0.2) is 18.7 Å². The molecule has 6 nitrogen and oxygen atoms in total. The molecule has 0 saturated heterocycles. The first kappa shape index (κ1) is 17.4. The first-order valence-corrected chi connectivity index (χ1v) is 7.76. The number of carbonyl (C=O) groups excluding carboxylic acids is 1. The number of rotatable bonds is 5. The fourth-order valence-corrected chi connectivity index (χ4v) is 2.15. The number of nitrogens with one attached hydrogen (secondary N) is 1. The Bertz CT molecular complexity index is 950. The number of aryl methyl sites for hydroxylation is 1. The van der Waals surface area contributed by atoms with Crippen molar-refractivity contribution in [3.8, 4) is 11.5 Å². The molecule has 0 unspecified atom stereocenters. The highest BCUT2D eigenvalue weighted by Crippen LogP contribution is 2.23. The first-order valence-electron chi connectivity index (χ1n) is 7.76. The number of pyridine rings is 3. The van der Waals surface area contributed by atoms with Gasteiger partial charge in [-0.15, -0.1) is 0 Å². The molecule has 3 aromatic heterocycles. The number of aromatic nitrogens is 3. The molecule has 3 aromatic rings. The van der Waals surface area contributed by atoms with E-state index in [2.05, 4.69) is 20.3 Å². The summed E-state index contributed by atoms with van der Waals surface area (Å²) >= 11 is 0. The van der Waals surface area contributed by atoms with Crippen molar-refractivity contribution < 1.29 is 18.3 Å². The van der Waals surface area contributed by atoms with Crippen molar-refractivity contribution in [3.05, 3.63) is 71.9 Å². The molecule has 3 rings (SSSR count). The fraction of sp³-hybridized carbons (Fsp3) is 0.111. The van der Waals surface area contributed by atoms with Gasteiger partial charge in [-0.05, 0) is 12.5 Å². The summed E-state index contributed by atoms with van der Waals surface area (Å²) in [6, 6.07) is 6.48. The maximum Gasteiger partial charge on any atom is 0.275 e. The van der Waals surface area contributed by atoms with Gasteiger partial charge < -0.3 is 10.1 Å². The van der Waals surface area contributed by atoms with Crippen molar-refractivity contribution in [2.24, 2.45) is 0 Å². The molecule has 0 fully saturated rings. The molecule has 0 radical (unpaired) electrons. The van der Waals surface area contributed by atoms with E-state index >= 15 is 0 Å². The van der Waals surface area contributed by atoms with Gasteiger partial charge in [0.1, 0.15) is 34.6 Å². The van der Waals surface area contributed by atoms with Crippen LogP contribution in [0, 0.1) is 11.6 Å². The topological polar surface area (TPSA) is 77.0 Å². The van der Waals surface area contributed by atoms with Gasteiger partial charge in [0.05, 0.1) is 12.4 Å². The Morgan fingerprint density at radius 2 is 1.96 bits per heavy atom. The average molecular weight is 356 g/mol. The quantitative estimate of drug-likeness (QED) is 0.753. The predicted octanol–water partition coefficient (Wildman–Crippen LogP) is 3.76. The van der Waals surface area contributed by atoms with E-state index in [1.165, 1.54) is 30.6 Å². The van der Waals surface area contributed by atoms with Crippen LogP contribution in [0.3, 0.4) is 0 Å². The summed E-state index contributed by atoms with van der Waals surface area (Å²) in [6.45, 7) is 1.87. The zero-order valence-corrected chi connectivity index (χ0v) is 13.7. The number of nitrogens with zero attached hydrogens (tertiary/aromatic N) is 3. The van der Waals surface area contributed by atoms with Crippen LogP contribution in [0.1, 0.15) is 23.1 Å². The highest BCUT2D eigenvalue weighted by Gasteiger charge is 2.13. The second-order valence-corrected chi connectivity index (χ2v) is 5.29. The zero-order chi connectivity index (χ0) is 18.5. The summed E-state index contributed by atoms with van der Waals surface area (Å²) in [5.74, 6) is -1.07. The molecule has 0 spiro atoms. The molecule has 0 saturated carbocycles. The number of hydrogen-bond acceptors (Lipinski definition) is 5. The van der Waals surface area contributed by atoms with Crippen molar-refractivity contribution in [1.29, 1.82) is 0 Å². The molecule has 1 N–H and O–H groups in total. The van der Waals surface area contributed by atoms with Crippen LogP contribution in [0.15, 0.2) is 48.9 Å². The van der Waals surface area contributed by atoms with Crippen molar-refractivity contribution >= 4 is 11.7 Å². The van der Waals surface area contributed by atoms with Crippen molar-refractivity contribution in [2.75, 3.05) is 5.32 Å². The maximum atomic E-state index is 13.2. The molecule has 1 amide bonds. The van der Waals surface area contributed by atoms with E-state index < -0.39 is 17.5 Å². The van der Waals surface area contributed by atoms with Crippen molar-refractivity contribution in [3.63, 3.8) is 0 Å². The average Bonchev–Trinajstić information content (AvgIpc) is 2.61. The van der Waals surface area contributed by atoms with Crippen LogP contribution in [0.4, 0.5) is 14.6 Å². The molecule has 0 aromatic carbocycles. The summed E-state index contributed by atoms with van der Waals surface area (Å²) in [5.41, 5.74) is 0.666. The summed E-state index contributed by atoms with van der Waals surface area (Å²) in [4.78, 5) is 24.2. The van der Waals surface area contributed by atoms with E-state index in [4.69, 9.17) is 4.74 Å². The van der Waals surface area contributed by atoms with Crippen LogP contribution in [-0.2, 0) is 6.42 Å². The van der Waals surface area contributed by atoms with Crippen LogP contribution < -0.4 is 10.1 Å². The van der Waals surface area contributed by atoms with E-state index in [1.807, 2.05) is 6.92 Å². The molecule has 8 heteroatoms. The van der Waals surface area contributed by atoms with E-state index in [9.17, 15) is 13.6 Å². The number of ether oxygens (including phenoxy) is 1. The van der Waals surface area contributed by atoms with Gasteiger partial charge in [-0.3, -0.25) is 9.78 Å². The monoisotopic (exact) mass is 356 g/mol. The van der Waals surface area contributed by atoms with Gasteiger partial charge in [-0.2, -0.15) is 0 Å². The number of halogens is 2. The fourth-order valence-electron chi connectivity index (χ4n) is 2.15. The van der Waals surface area contributed by atoms with E-state index in [1.54, 1.807) is 6.07 Å². The van der Waals surface area contributed by atoms with E-state index in [0.29, 0.717) is 17.9 Å². The minimum atomic E-state index is -0.569. The molecule has 0 aliphatic carbocycles. The molecular formula is C18H14F2N4O2. The summed E-state index contributed by atoms with van der Waals surface area (Å²) in [7, 11) is 0. The van der Waals surface area contributed by atoms with Gasteiger partial charge in [0, 0.05) is 36.2 Å². The SMILES string of the molecule is CCc1cc(Oc2cncc(F)c2)cc(C(=O)Nc2cc(F)ccn2)n1. The zero-order valence-electron chi connectivity index (χ0n) is 13.7. The molecule has 0 aliphatic heterocycles. The Kier molecular flexibility index (Phi) is 5.12. The van der Waals surface area contributed by atoms with Crippen LogP contribution >= 0.6 is 0 Å². The number of anilines is 1. The summed E-state index contributed by atoms with van der Waals surface area (Å²) < 4.78 is 32.0. The Labute approximate surface area is 147 Å². The molecule has 26 heavy (non-hydrogen) atoms. The van der Waals surface area contributed by atoms with Crippen molar-refractivity contribution in [2.45, 2.75) is 13.3 Å². The lowest BCUT2D eigenvalue weighted by atomic mass is 10.2. The normalized spacial score (nSPS) is 10.4. The molecule has 0 atom stereocenters. The lowest BCUT2D eigenvalue weighted by molar-refractivity contribution is 0.102. The van der Waals surface area contributed by atoms with Crippen LogP contribution in [0.25, 0.3) is 0 Å². The largest absolute Gasteiger partial charge is 0.455 e. The Hall–Kier alpha value is -3.42. The van der Waals surface area contributed by atoms with Crippen molar-refractivity contribution in [1.82, 2.24) is 15.0 Å². The Morgan fingerprint density at radius 3 is 2.69 bits per heavy atom. The smallest absolute Gasteiger partial charge is 0.275 e. The molecule has 0 aliphatic rings. The predicted molar refractivity (Wildman–Crippen MR) is 90.0 cm³/mol. The van der Waals surface area contributed by atoms with Gasteiger partial charge in [-0.1, -0.05) is 6.92 Å². The third-order valence-electron chi connectivity index (χ3n) is 3.33. The van der Waals surface area contributed by atoms with E-state index in [-0.39, 0.29) is 17.3 Å². The molecular weight excluding hydrogens is 342 g/mol. The summed E-state index contributed by atoms with van der Waals surface area (Å²) in [6.07, 6.45) is 4.21. The summed E-state index contributed by atoms with van der Waals surface area (Å²) in [5, 5.41) is 2.47. The van der Waals surface area contributed by atoms with E-state index in [0.717, 1.165) is 12.3 Å². The Balaban J connectivity index is 1.85. The molecule has 0 bridgehead atoms. The second kappa shape index (κ2) is 7.64. The Morgan fingerprint density at radius 1 is 1.12 bits per heavy atom. The lowest BCUT2D eigenvalue weighted by Crippen LogP contribution is -2.15. The van der Waals surface area contributed by atoms with Gasteiger partial charge >= 0.3 is 0 Å². The number of carbonyl (C=O) groups is 1.